The maximum Gasteiger partial charge on any atom is 0.308 e. The number of carboxylic acid groups (broad SMARTS) is 1. The number of hydrogen-bond acceptors (Lipinski definition) is 4. The number of benzene rings is 1. The second kappa shape index (κ2) is 7.86. The molecule has 1 aromatic carbocycles. The Bertz CT molecular complexity index is 772. The molecule has 2 heterocycles. The van der Waals surface area contributed by atoms with Crippen LogP contribution in [0.1, 0.15) is 28.5 Å². The highest BCUT2D eigenvalue weighted by Crippen LogP contribution is 2.33. The second-order valence-corrected chi connectivity index (χ2v) is 6.24. The molecule has 0 radical (unpaired) electrons. The van der Waals surface area contributed by atoms with Gasteiger partial charge in [-0.1, -0.05) is 30.3 Å². The van der Waals surface area contributed by atoms with Crippen LogP contribution in [0.3, 0.4) is 0 Å². The van der Waals surface area contributed by atoms with E-state index in [2.05, 4.69) is 5.32 Å². The zero-order valence-electron chi connectivity index (χ0n) is 14.1. The third kappa shape index (κ3) is 3.93. The lowest BCUT2D eigenvalue weighted by Gasteiger charge is -2.16. The summed E-state index contributed by atoms with van der Waals surface area (Å²) < 4.78 is 4.98. The first kappa shape index (κ1) is 17.7. The Morgan fingerprint density at radius 3 is 2.54 bits per heavy atom. The number of carbonyl (C=O) groups is 3. The molecule has 0 bridgehead atoms. The van der Waals surface area contributed by atoms with E-state index in [0.29, 0.717) is 6.54 Å². The summed E-state index contributed by atoms with van der Waals surface area (Å²) in [6.45, 7) is 0.717. The Hall–Kier alpha value is -3.09. The van der Waals surface area contributed by atoms with Gasteiger partial charge in [-0.15, -0.1) is 0 Å². The van der Waals surface area contributed by atoms with Crippen LogP contribution in [0.25, 0.3) is 0 Å². The van der Waals surface area contributed by atoms with Crippen molar-refractivity contribution in [3.05, 3.63) is 60.1 Å². The lowest BCUT2D eigenvalue weighted by Crippen LogP contribution is -2.33. The number of carboxylic acids is 1. The first-order valence-electron chi connectivity index (χ1n) is 8.43. The highest BCUT2D eigenvalue weighted by Gasteiger charge is 2.40. The van der Waals surface area contributed by atoms with Gasteiger partial charge in [0.15, 0.2) is 5.76 Å². The van der Waals surface area contributed by atoms with Crippen molar-refractivity contribution >= 4 is 17.8 Å². The van der Waals surface area contributed by atoms with Crippen LogP contribution in [-0.4, -0.2) is 47.4 Å². The standard InChI is InChI=1S/C19H20N2O5/c22-17(8-9-20-18(23)16-7-4-10-26-16)21-11-14(15(12-21)19(24)25)13-5-2-1-3-6-13/h1-7,10,14-15H,8-9,11-12H2,(H,20,23)(H,24,25)/t14-,15-/m1/s1. The predicted octanol–water partition coefficient (Wildman–Crippen LogP) is 1.73. The molecule has 136 valence electrons. The summed E-state index contributed by atoms with van der Waals surface area (Å²) in [6.07, 6.45) is 1.51. The number of likely N-dealkylation sites (tertiary alicyclic amines) is 1. The van der Waals surface area contributed by atoms with Crippen molar-refractivity contribution in [2.24, 2.45) is 5.92 Å². The minimum atomic E-state index is -0.903. The van der Waals surface area contributed by atoms with Crippen molar-refractivity contribution < 1.29 is 23.9 Å². The van der Waals surface area contributed by atoms with Crippen molar-refractivity contribution in [1.29, 1.82) is 0 Å². The maximum absolute atomic E-state index is 12.4. The van der Waals surface area contributed by atoms with Gasteiger partial charge < -0.3 is 19.7 Å². The van der Waals surface area contributed by atoms with E-state index in [1.807, 2.05) is 30.3 Å². The topological polar surface area (TPSA) is 99.9 Å². The van der Waals surface area contributed by atoms with Gasteiger partial charge in [-0.05, 0) is 17.7 Å². The lowest BCUT2D eigenvalue weighted by atomic mass is 9.89. The van der Waals surface area contributed by atoms with Gasteiger partial charge in [0.25, 0.3) is 5.91 Å². The Balaban J connectivity index is 1.56. The normalized spacial score (nSPS) is 19.3. The minimum absolute atomic E-state index is 0.111. The zero-order valence-corrected chi connectivity index (χ0v) is 14.1. The second-order valence-electron chi connectivity index (χ2n) is 6.24. The maximum atomic E-state index is 12.4. The molecule has 3 rings (SSSR count). The number of nitrogens with one attached hydrogen (secondary N) is 1. The molecular weight excluding hydrogens is 336 g/mol. The van der Waals surface area contributed by atoms with Gasteiger partial charge in [0.2, 0.25) is 5.91 Å². The van der Waals surface area contributed by atoms with E-state index in [4.69, 9.17) is 4.42 Å². The van der Waals surface area contributed by atoms with Crippen LogP contribution in [-0.2, 0) is 9.59 Å². The van der Waals surface area contributed by atoms with Gasteiger partial charge in [-0.3, -0.25) is 14.4 Å². The average molecular weight is 356 g/mol. The summed E-state index contributed by atoms with van der Waals surface area (Å²) in [4.78, 5) is 37.3. The first-order chi connectivity index (χ1) is 12.6. The van der Waals surface area contributed by atoms with Crippen LogP contribution in [0.2, 0.25) is 0 Å². The zero-order chi connectivity index (χ0) is 18.5. The Morgan fingerprint density at radius 1 is 1.12 bits per heavy atom. The molecule has 2 aromatic rings. The molecule has 7 nitrogen and oxygen atoms in total. The van der Waals surface area contributed by atoms with Crippen molar-refractivity contribution in [3.8, 4) is 0 Å². The van der Waals surface area contributed by atoms with Crippen LogP contribution in [0.15, 0.2) is 53.1 Å². The molecule has 1 aliphatic rings. The van der Waals surface area contributed by atoms with Crippen LogP contribution < -0.4 is 5.32 Å². The number of rotatable bonds is 6. The molecule has 1 aliphatic heterocycles. The summed E-state index contributed by atoms with van der Waals surface area (Å²) in [5, 5.41) is 12.1. The summed E-state index contributed by atoms with van der Waals surface area (Å²) >= 11 is 0. The fraction of sp³-hybridized carbons (Fsp3) is 0.316. The molecule has 1 aromatic heterocycles. The van der Waals surface area contributed by atoms with Crippen molar-refractivity contribution in [1.82, 2.24) is 10.2 Å². The molecule has 1 fully saturated rings. The number of aliphatic carboxylic acids is 1. The van der Waals surface area contributed by atoms with E-state index in [0.717, 1.165) is 5.56 Å². The monoisotopic (exact) mass is 356 g/mol. The van der Waals surface area contributed by atoms with Crippen LogP contribution in [0, 0.1) is 5.92 Å². The van der Waals surface area contributed by atoms with Crippen molar-refractivity contribution in [2.75, 3.05) is 19.6 Å². The molecule has 1 saturated heterocycles. The van der Waals surface area contributed by atoms with E-state index < -0.39 is 11.9 Å². The van der Waals surface area contributed by atoms with Crippen LogP contribution >= 0.6 is 0 Å². The van der Waals surface area contributed by atoms with Crippen LogP contribution in [0.4, 0.5) is 0 Å². The fourth-order valence-electron chi connectivity index (χ4n) is 3.23. The number of hydrogen-bond donors (Lipinski definition) is 2. The summed E-state index contributed by atoms with van der Waals surface area (Å²) in [6, 6.07) is 12.5. The van der Waals surface area contributed by atoms with E-state index in [1.165, 1.54) is 6.26 Å². The fourth-order valence-corrected chi connectivity index (χ4v) is 3.23. The van der Waals surface area contributed by atoms with E-state index in [1.54, 1.807) is 17.0 Å². The highest BCUT2D eigenvalue weighted by atomic mass is 16.4. The predicted molar refractivity (Wildman–Crippen MR) is 92.5 cm³/mol. The summed E-state index contributed by atoms with van der Waals surface area (Å²) in [5.74, 6) is -2.12. The third-order valence-corrected chi connectivity index (χ3v) is 4.59. The number of nitrogens with zero attached hydrogens (tertiary/aromatic N) is 1. The summed E-state index contributed by atoms with van der Waals surface area (Å²) in [5.41, 5.74) is 0.918. The van der Waals surface area contributed by atoms with Gasteiger partial charge in [-0.2, -0.15) is 0 Å². The number of carbonyl (C=O) groups excluding carboxylic acids is 2. The molecule has 0 spiro atoms. The smallest absolute Gasteiger partial charge is 0.308 e. The third-order valence-electron chi connectivity index (χ3n) is 4.59. The van der Waals surface area contributed by atoms with Gasteiger partial charge in [-0.25, -0.2) is 0 Å². The number of furan rings is 1. The minimum Gasteiger partial charge on any atom is -0.481 e. The first-order valence-corrected chi connectivity index (χ1v) is 8.43. The average Bonchev–Trinajstić information content (AvgIpc) is 3.32. The molecule has 0 aliphatic carbocycles. The molecule has 2 N–H and O–H groups in total. The van der Waals surface area contributed by atoms with Gasteiger partial charge >= 0.3 is 5.97 Å². The van der Waals surface area contributed by atoms with E-state index in [-0.39, 0.29) is 43.0 Å². The van der Waals surface area contributed by atoms with Gasteiger partial charge in [0.05, 0.1) is 12.2 Å². The number of amides is 2. The van der Waals surface area contributed by atoms with Crippen molar-refractivity contribution in [2.45, 2.75) is 12.3 Å². The van der Waals surface area contributed by atoms with Gasteiger partial charge in [0, 0.05) is 32.0 Å². The van der Waals surface area contributed by atoms with E-state index in [9.17, 15) is 19.5 Å². The molecule has 7 heteroatoms. The van der Waals surface area contributed by atoms with E-state index >= 15 is 0 Å². The van der Waals surface area contributed by atoms with Crippen LogP contribution in [0.5, 0.6) is 0 Å². The Labute approximate surface area is 150 Å². The Kier molecular flexibility index (Phi) is 5.36. The molecule has 2 amide bonds. The molecular formula is C19H20N2O5. The molecule has 0 unspecified atom stereocenters. The SMILES string of the molecule is O=C(NCCC(=O)N1C[C@H](c2ccccc2)[C@H](C(=O)O)C1)c1ccco1. The highest BCUT2D eigenvalue weighted by molar-refractivity contribution is 5.91. The lowest BCUT2D eigenvalue weighted by molar-refractivity contribution is -0.141. The Morgan fingerprint density at radius 2 is 1.88 bits per heavy atom. The molecule has 2 atom stereocenters. The van der Waals surface area contributed by atoms with Gasteiger partial charge in [0.1, 0.15) is 0 Å². The molecule has 0 saturated carbocycles. The molecule has 26 heavy (non-hydrogen) atoms. The largest absolute Gasteiger partial charge is 0.481 e. The van der Waals surface area contributed by atoms with Crippen molar-refractivity contribution in [3.63, 3.8) is 0 Å². The summed E-state index contributed by atoms with van der Waals surface area (Å²) in [7, 11) is 0. The quantitative estimate of drug-likeness (QED) is 0.821.